The number of amides is 1. The van der Waals surface area contributed by atoms with Crippen molar-refractivity contribution in [3.05, 3.63) is 32.8 Å². The van der Waals surface area contributed by atoms with E-state index in [9.17, 15) is 19.7 Å². The van der Waals surface area contributed by atoms with Gasteiger partial charge in [-0.2, -0.15) is 0 Å². The molecule has 1 aromatic carbocycles. The number of carbonyl (C=O) groups excluding carboxylic acids is 1. The van der Waals surface area contributed by atoms with Gasteiger partial charge < -0.3 is 10.4 Å². The molecule has 0 aliphatic rings. The summed E-state index contributed by atoms with van der Waals surface area (Å²) in [4.78, 5) is 31.3. The van der Waals surface area contributed by atoms with Gasteiger partial charge in [-0.3, -0.25) is 19.7 Å². The number of carboxylic acid groups (broad SMARTS) is 1. The molecular weight excluding hydrogens is 296 g/mol. The number of hydrogen-bond donors (Lipinski definition) is 2. The average Bonchev–Trinajstić information content (AvgIpc) is 2.15. The number of anilines is 1. The molecule has 0 atom stereocenters. The highest BCUT2D eigenvalue weighted by atomic mass is 79.9. The maximum Gasteiger partial charge on any atom is 0.312 e. The second-order valence-corrected chi connectivity index (χ2v) is 3.90. The van der Waals surface area contributed by atoms with E-state index in [-0.39, 0.29) is 15.8 Å². The summed E-state index contributed by atoms with van der Waals surface area (Å²) in [7, 11) is 0. The third-order valence-corrected chi connectivity index (χ3v) is 2.38. The molecule has 17 heavy (non-hydrogen) atoms. The van der Waals surface area contributed by atoms with Gasteiger partial charge in [0.15, 0.2) is 0 Å². The first-order valence-electron chi connectivity index (χ1n) is 4.35. The molecule has 7 nitrogen and oxygen atoms in total. The lowest BCUT2D eigenvalue weighted by atomic mass is 10.2. The van der Waals surface area contributed by atoms with E-state index in [1.54, 1.807) is 0 Å². The van der Waals surface area contributed by atoms with Crippen molar-refractivity contribution in [1.82, 2.24) is 0 Å². The zero-order valence-corrected chi connectivity index (χ0v) is 9.93. The Morgan fingerprint density at radius 1 is 1.47 bits per heavy atom. The molecule has 1 rings (SSSR count). The van der Waals surface area contributed by atoms with E-state index in [1.807, 2.05) is 0 Å². The Balaban J connectivity index is 2.81. The monoisotopic (exact) mass is 302 g/mol. The Labute approximate surface area is 104 Å². The van der Waals surface area contributed by atoms with Crippen molar-refractivity contribution in [2.45, 2.75) is 6.42 Å². The van der Waals surface area contributed by atoms with Gasteiger partial charge in [-0.05, 0) is 28.1 Å². The lowest BCUT2D eigenvalue weighted by molar-refractivity contribution is -0.385. The van der Waals surface area contributed by atoms with Gasteiger partial charge in [0.2, 0.25) is 5.91 Å². The van der Waals surface area contributed by atoms with Gasteiger partial charge in [0.25, 0.3) is 5.69 Å². The normalized spacial score (nSPS) is 9.71. The molecule has 90 valence electrons. The second-order valence-electron chi connectivity index (χ2n) is 3.04. The summed E-state index contributed by atoms with van der Waals surface area (Å²) in [6.45, 7) is 0. The summed E-state index contributed by atoms with van der Waals surface area (Å²) in [6, 6.07) is 3.86. The van der Waals surface area contributed by atoms with Crippen LogP contribution in [0.5, 0.6) is 0 Å². The van der Waals surface area contributed by atoms with Gasteiger partial charge in [0.1, 0.15) is 6.42 Å². The molecule has 0 saturated carbocycles. The minimum atomic E-state index is -1.25. The number of nitro benzene ring substituents is 1. The number of hydrogen-bond acceptors (Lipinski definition) is 4. The van der Waals surface area contributed by atoms with Gasteiger partial charge in [0, 0.05) is 11.8 Å². The molecular formula is C9H7BrN2O5. The SMILES string of the molecule is O=C(O)CC(=O)Nc1ccc([N+](=O)[O-])c(Br)c1. The van der Waals surface area contributed by atoms with E-state index >= 15 is 0 Å². The first-order valence-corrected chi connectivity index (χ1v) is 5.15. The fraction of sp³-hybridized carbons (Fsp3) is 0.111. The molecule has 0 aromatic heterocycles. The van der Waals surface area contributed by atoms with Crippen LogP contribution in [0.1, 0.15) is 6.42 Å². The summed E-state index contributed by atoms with van der Waals surface area (Å²) >= 11 is 2.98. The van der Waals surface area contributed by atoms with Crippen LogP contribution in [0.4, 0.5) is 11.4 Å². The fourth-order valence-electron chi connectivity index (χ4n) is 1.08. The number of aliphatic carboxylic acids is 1. The molecule has 0 bridgehead atoms. The maximum absolute atomic E-state index is 11.1. The van der Waals surface area contributed by atoms with E-state index in [2.05, 4.69) is 21.2 Å². The molecule has 0 fully saturated rings. The van der Waals surface area contributed by atoms with Crippen LogP contribution >= 0.6 is 15.9 Å². The topological polar surface area (TPSA) is 110 Å². The Kier molecular flexibility index (Phi) is 4.16. The van der Waals surface area contributed by atoms with Gasteiger partial charge in [-0.25, -0.2) is 0 Å². The molecule has 1 amide bonds. The molecule has 0 aliphatic heterocycles. The van der Waals surface area contributed by atoms with Crippen molar-refractivity contribution in [2.75, 3.05) is 5.32 Å². The number of nitrogens with one attached hydrogen (secondary N) is 1. The molecule has 8 heteroatoms. The lowest BCUT2D eigenvalue weighted by Crippen LogP contribution is -2.15. The summed E-state index contributed by atoms with van der Waals surface area (Å²) < 4.78 is 0.204. The number of carbonyl (C=O) groups is 2. The van der Waals surface area contributed by atoms with E-state index in [0.29, 0.717) is 0 Å². The quantitative estimate of drug-likeness (QED) is 0.500. The lowest BCUT2D eigenvalue weighted by Gasteiger charge is -2.04. The van der Waals surface area contributed by atoms with E-state index in [1.165, 1.54) is 18.2 Å². The highest BCUT2D eigenvalue weighted by Crippen LogP contribution is 2.27. The van der Waals surface area contributed by atoms with Crippen LogP contribution in [0.15, 0.2) is 22.7 Å². The largest absolute Gasteiger partial charge is 0.481 e. The third-order valence-electron chi connectivity index (χ3n) is 1.74. The van der Waals surface area contributed by atoms with E-state index < -0.39 is 23.2 Å². The summed E-state index contributed by atoms with van der Waals surface area (Å²) in [6.07, 6.45) is -0.658. The van der Waals surface area contributed by atoms with E-state index in [4.69, 9.17) is 5.11 Å². The Morgan fingerprint density at radius 3 is 2.59 bits per heavy atom. The highest BCUT2D eigenvalue weighted by molar-refractivity contribution is 9.10. The second kappa shape index (κ2) is 5.39. The molecule has 0 radical (unpaired) electrons. The summed E-state index contributed by atoms with van der Waals surface area (Å²) in [5.41, 5.74) is 0.148. The highest BCUT2D eigenvalue weighted by Gasteiger charge is 2.13. The van der Waals surface area contributed by atoms with Crippen LogP contribution in [0, 0.1) is 10.1 Å². The minimum Gasteiger partial charge on any atom is -0.481 e. The first kappa shape index (κ1) is 13.1. The zero-order valence-electron chi connectivity index (χ0n) is 8.34. The zero-order chi connectivity index (χ0) is 13.0. The van der Waals surface area contributed by atoms with Crippen LogP contribution in [0.2, 0.25) is 0 Å². The van der Waals surface area contributed by atoms with Crippen LogP contribution in [-0.4, -0.2) is 21.9 Å². The van der Waals surface area contributed by atoms with Crippen molar-refractivity contribution in [3.63, 3.8) is 0 Å². The number of carboxylic acids is 1. The van der Waals surface area contributed by atoms with Gasteiger partial charge in [-0.15, -0.1) is 0 Å². The van der Waals surface area contributed by atoms with Crippen LogP contribution in [-0.2, 0) is 9.59 Å². The standard InChI is InChI=1S/C9H7BrN2O5/c10-6-3-5(1-2-7(6)12(16)17)11-8(13)4-9(14)15/h1-3H,4H2,(H,11,13)(H,14,15). The summed E-state index contributed by atoms with van der Waals surface area (Å²) in [5, 5.41) is 21.2. The smallest absolute Gasteiger partial charge is 0.312 e. The van der Waals surface area contributed by atoms with Gasteiger partial charge in [0.05, 0.1) is 9.40 Å². The first-order chi connectivity index (χ1) is 7.90. The van der Waals surface area contributed by atoms with Crippen LogP contribution in [0.25, 0.3) is 0 Å². The van der Waals surface area contributed by atoms with Crippen molar-refractivity contribution >= 4 is 39.2 Å². The number of rotatable bonds is 4. The molecule has 0 unspecified atom stereocenters. The van der Waals surface area contributed by atoms with Crippen molar-refractivity contribution in [2.24, 2.45) is 0 Å². The third kappa shape index (κ3) is 3.83. The molecule has 0 saturated heterocycles. The summed E-state index contributed by atoms with van der Waals surface area (Å²) in [5.74, 6) is -1.94. The Morgan fingerprint density at radius 2 is 2.12 bits per heavy atom. The van der Waals surface area contributed by atoms with Crippen LogP contribution < -0.4 is 5.32 Å². The molecule has 0 aliphatic carbocycles. The number of nitro groups is 1. The minimum absolute atomic E-state index is 0.138. The molecule has 1 aromatic rings. The molecule has 0 spiro atoms. The van der Waals surface area contributed by atoms with Crippen LogP contribution in [0.3, 0.4) is 0 Å². The molecule has 0 heterocycles. The van der Waals surface area contributed by atoms with Gasteiger partial charge in [-0.1, -0.05) is 0 Å². The van der Waals surface area contributed by atoms with Crippen molar-refractivity contribution in [1.29, 1.82) is 0 Å². The number of nitrogens with zero attached hydrogens (tertiary/aromatic N) is 1. The predicted octanol–water partition coefficient (Wildman–Crippen LogP) is 1.77. The average molecular weight is 303 g/mol. The number of benzene rings is 1. The Bertz CT molecular complexity index is 488. The number of halogens is 1. The molecule has 2 N–H and O–H groups in total. The van der Waals surface area contributed by atoms with Gasteiger partial charge >= 0.3 is 5.97 Å². The van der Waals surface area contributed by atoms with Crippen molar-refractivity contribution in [3.8, 4) is 0 Å². The van der Waals surface area contributed by atoms with Crippen molar-refractivity contribution < 1.29 is 19.6 Å². The Hall–Kier alpha value is -1.96. The maximum atomic E-state index is 11.1. The fourth-order valence-corrected chi connectivity index (χ4v) is 1.60. The predicted molar refractivity (Wildman–Crippen MR) is 61.7 cm³/mol. The van der Waals surface area contributed by atoms with E-state index in [0.717, 1.165) is 0 Å².